The molecular formula is C17H26Cl3NO2. The standard InChI is InChI=1S/C17H24ClNO2.2ClH/c1-2-3-4-16(17(20)21)13-9-15(10-13)19-11-12-5-7-14(18)8-6-12;;/h5-8,13,15-16,19H,2-4,9-11H2,1H3,(H,20,21);2*1H. The lowest BCUT2D eigenvalue weighted by Gasteiger charge is -2.39. The molecule has 0 radical (unpaired) electrons. The van der Waals surface area contributed by atoms with Crippen molar-refractivity contribution in [1.29, 1.82) is 0 Å². The molecule has 1 aliphatic rings. The fraction of sp³-hybridized carbons (Fsp3) is 0.588. The summed E-state index contributed by atoms with van der Waals surface area (Å²) >= 11 is 5.86. The van der Waals surface area contributed by atoms with Gasteiger partial charge in [0.05, 0.1) is 5.92 Å². The lowest BCUT2D eigenvalue weighted by molar-refractivity contribution is -0.145. The zero-order valence-corrected chi connectivity index (χ0v) is 15.7. The third kappa shape index (κ3) is 6.88. The molecule has 0 aromatic heterocycles. The number of aliphatic carboxylic acids is 1. The minimum Gasteiger partial charge on any atom is -0.481 e. The fourth-order valence-corrected chi connectivity index (χ4v) is 3.13. The Morgan fingerprint density at radius 2 is 1.91 bits per heavy atom. The van der Waals surface area contributed by atoms with Gasteiger partial charge in [0.2, 0.25) is 0 Å². The lowest BCUT2D eigenvalue weighted by Crippen LogP contribution is -2.45. The van der Waals surface area contributed by atoms with Gasteiger partial charge in [0.1, 0.15) is 0 Å². The maximum absolute atomic E-state index is 11.3. The maximum Gasteiger partial charge on any atom is 0.306 e. The van der Waals surface area contributed by atoms with Crippen LogP contribution in [0.4, 0.5) is 0 Å². The van der Waals surface area contributed by atoms with Crippen molar-refractivity contribution in [3.8, 4) is 0 Å². The molecule has 132 valence electrons. The highest BCUT2D eigenvalue weighted by Gasteiger charge is 2.37. The summed E-state index contributed by atoms with van der Waals surface area (Å²) in [7, 11) is 0. The van der Waals surface area contributed by atoms with E-state index in [-0.39, 0.29) is 30.7 Å². The van der Waals surface area contributed by atoms with Crippen LogP contribution in [0.1, 0.15) is 44.6 Å². The molecule has 0 saturated heterocycles. The Kier molecular flexibility index (Phi) is 10.9. The van der Waals surface area contributed by atoms with E-state index in [2.05, 4.69) is 12.2 Å². The van der Waals surface area contributed by atoms with Gasteiger partial charge in [-0.1, -0.05) is 43.5 Å². The van der Waals surface area contributed by atoms with E-state index < -0.39 is 5.97 Å². The van der Waals surface area contributed by atoms with Crippen LogP contribution in [0.15, 0.2) is 24.3 Å². The molecule has 1 aromatic rings. The average Bonchev–Trinajstić information content (AvgIpc) is 2.41. The molecule has 1 atom stereocenters. The summed E-state index contributed by atoms with van der Waals surface area (Å²) in [6.07, 6.45) is 4.86. The van der Waals surface area contributed by atoms with Gasteiger partial charge in [-0.25, -0.2) is 0 Å². The highest BCUT2D eigenvalue weighted by atomic mass is 35.5. The highest BCUT2D eigenvalue weighted by Crippen LogP contribution is 2.36. The van der Waals surface area contributed by atoms with E-state index in [4.69, 9.17) is 11.6 Å². The van der Waals surface area contributed by atoms with Crippen molar-refractivity contribution in [2.45, 2.75) is 51.6 Å². The zero-order valence-electron chi connectivity index (χ0n) is 13.3. The number of hydrogen-bond acceptors (Lipinski definition) is 2. The van der Waals surface area contributed by atoms with Crippen molar-refractivity contribution in [1.82, 2.24) is 5.32 Å². The van der Waals surface area contributed by atoms with Gasteiger partial charge in [-0.3, -0.25) is 4.79 Å². The van der Waals surface area contributed by atoms with Crippen molar-refractivity contribution in [2.24, 2.45) is 11.8 Å². The van der Waals surface area contributed by atoms with Gasteiger partial charge in [-0.2, -0.15) is 0 Å². The molecule has 1 unspecified atom stereocenters. The van der Waals surface area contributed by atoms with Crippen molar-refractivity contribution < 1.29 is 9.90 Å². The molecule has 23 heavy (non-hydrogen) atoms. The number of nitrogens with one attached hydrogen (secondary N) is 1. The smallest absolute Gasteiger partial charge is 0.306 e. The molecule has 0 amide bonds. The highest BCUT2D eigenvalue weighted by molar-refractivity contribution is 6.30. The Bertz CT molecular complexity index is 461. The van der Waals surface area contributed by atoms with Crippen molar-refractivity contribution in [2.75, 3.05) is 0 Å². The van der Waals surface area contributed by atoms with Crippen molar-refractivity contribution in [3.63, 3.8) is 0 Å². The average molecular weight is 383 g/mol. The molecule has 1 saturated carbocycles. The quantitative estimate of drug-likeness (QED) is 0.669. The summed E-state index contributed by atoms with van der Waals surface area (Å²) in [6.45, 7) is 2.93. The van der Waals surface area contributed by atoms with E-state index in [1.54, 1.807) is 0 Å². The molecule has 1 fully saturated rings. The molecule has 0 bridgehead atoms. The SMILES string of the molecule is CCCCC(C(=O)O)C1CC(NCc2ccc(Cl)cc2)C1.Cl.Cl. The zero-order chi connectivity index (χ0) is 15.2. The third-order valence-corrected chi connectivity index (χ3v) is 4.69. The molecule has 6 heteroatoms. The molecule has 0 aliphatic heterocycles. The van der Waals surface area contributed by atoms with Crippen LogP contribution in [0.25, 0.3) is 0 Å². The van der Waals surface area contributed by atoms with Crippen LogP contribution in [0.5, 0.6) is 0 Å². The molecule has 2 rings (SSSR count). The van der Waals surface area contributed by atoms with Crippen LogP contribution in [0.2, 0.25) is 5.02 Å². The topological polar surface area (TPSA) is 49.3 Å². The number of carboxylic acid groups (broad SMARTS) is 1. The third-order valence-electron chi connectivity index (χ3n) is 4.44. The summed E-state index contributed by atoms with van der Waals surface area (Å²) in [5.41, 5.74) is 1.21. The van der Waals surface area contributed by atoms with Gasteiger partial charge >= 0.3 is 5.97 Å². The Morgan fingerprint density at radius 3 is 2.43 bits per heavy atom. The van der Waals surface area contributed by atoms with Crippen LogP contribution in [0, 0.1) is 11.8 Å². The second-order valence-corrected chi connectivity index (χ2v) is 6.46. The molecule has 0 spiro atoms. The minimum absolute atomic E-state index is 0. The van der Waals surface area contributed by atoms with Gasteiger partial charge in [0.15, 0.2) is 0 Å². The first-order chi connectivity index (χ1) is 10.1. The normalized spacial score (nSPS) is 20.6. The predicted molar refractivity (Wildman–Crippen MR) is 100.0 cm³/mol. The Labute approximate surface area is 156 Å². The fourth-order valence-electron chi connectivity index (χ4n) is 3.01. The lowest BCUT2D eigenvalue weighted by atomic mass is 9.70. The summed E-state index contributed by atoms with van der Waals surface area (Å²) < 4.78 is 0. The van der Waals surface area contributed by atoms with Crippen LogP contribution in [0.3, 0.4) is 0 Å². The summed E-state index contributed by atoms with van der Waals surface area (Å²) in [6, 6.07) is 8.29. The molecule has 1 aliphatic carbocycles. The van der Waals surface area contributed by atoms with Crippen molar-refractivity contribution in [3.05, 3.63) is 34.9 Å². The summed E-state index contributed by atoms with van der Waals surface area (Å²) in [5.74, 6) is -0.431. The monoisotopic (exact) mass is 381 g/mol. The largest absolute Gasteiger partial charge is 0.481 e. The molecule has 3 nitrogen and oxygen atoms in total. The molecule has 2 N–H and O–H groups in total. The first kappa shape index (κ1) is 22.5. The maximum atomic E-state index is 11.3. The van der Waals surface area contributed by atoms with Gasteiger partial charge in [-0.15, -0.1) is 24.8 Å². The number of rotatable bonds is 8. The van der Waals surface area contributed by atoms with E-state index in [1.807, 2.05) is 24.3 Å². The van der Waals surface area contributed by atoms with E-state index in [0.717, 1.165) is 43.7 Å². The Hall–Kier alpha value is -0.480. The van der Waals surface area contributed by atoms with Crippen molar-refractivity contribution >= 4 is 42.4 Å². The predicted octanol–water partition coefficient (Wildman–Crippen LogP) is 4.94. The van der Waals surface area contributed by atoms with E-state index in [1.165, 1.54) is 5.56 Å². The van der Waals surface area contributed by atoms with E-state index >= 15 is 0 Å². The first-order valence-electron chi connectivity index (χ1n) is 7.80. The first-order valence-corrected chi connectivity index (χ1v) is 8.18. The number of carboxylic acids is 1. The van der Waals surface area contributed by atoms with Gasteiger partial charge in [0.25, 0.3) is 0 Å². The molecular weight excluding hydrogens is 357 g/mol. The molecule has 1 aromatic carbocycles. The summed E-state index contributed by atoms with van der Waals surface area (Å²) in [4.78, 5) is 11.3. The number of carbonyl (C=O) groups is 1. The van der Waals surface area contributed by atoms with Crippen LogP contribution >= 0.6 is 36.4 Å². The van der Waals surface area contributed by atoms with Crippen LogP contribution in [-0.4, -0.2) is 17.1 Å². The van der Waals surface area contributed by atoms with Gasteiger partial charge < -0.3 is 10.4 Å². The number of unbranched alkanes of at least 4 members (excludes halogenated alkanes) is 1. The Balaban J connectivity index is 0.00000242. The van der Waals surface area contributed by atoms with Crippen LogP contribution < -0.4 is 5.32 Å². The number of hydrogen-bond donors (Lipinski definition) is 2. The minimum atomic E-state index is -0.621. The number of halogens is 3. The number of benzene rings is 1. The summed E-state index contributed by atoms with van der Waals surface area (Å²) in [5, 5.41) is 13.6. The molecule has 0 heterocycles. The van der Waals surface area contributed by atoms with E-state index in [0.29, 0.717) is 12.0 Å². The Morgan fingerprint density at radius 1 is 1.30 bits per heavy atom. The van der Waals surface area contributed by atoms with Crippen LogP contribution in [-0.2, 0) is 11.3 Å². The van der Waals surface area contributed by atoms with Gasteiger partial charge in [0, 0.05) is 17.6 Å². The second-order valence-electron chi connectivity index (χ2n) is 6.02. The second kappa shape index (κ2) is 11.1. The van der Waals surface area contributed by atoms with Gasteiger partial charge in [-0.05, 0) is 42.9 Å². The van der Waals surface area contributed by atoms with E-state index in [9.17, 15) is 9.90 Å².